The van der Waals surface area contributed by atoms with Crippen molar-refractivity contribution in [2.75, 3.05) is 5.32 Å². The van der Waals surface area contributed by atoms with E-state index < -0.39 is 0 Å². The summed E-state index contributed by atoms with van der Waals surface area (Å²) in [6.07, 6.45) is 1.63. The molecule has 0 aliphatic carbocycles. The molecule has 0 aliphatic rings. The maximum Gasteiger partial charge on any atom is 0.127 e. The molecule has 2 aromatic rings. The van der Waals surface area contributed by atoms with Crippen LogP contribution in [0.4, 0.5) is 5.82 Å². The predicted molar refractivity (Wildman–Crippen MR) is 60.6 cm³/mol. The first-order chi connectivity index (χ1) is 7.38. The van der Waals surface area contributed by atoms with Gasteiger partial charge in [0.05, 0.1) is 11.6 Å². The molecule has 0 fully saturated rings. The fraction of sp³-hybridized carbons (Fsp3) is 0.0909. The van der Waals surface area contributed by atoms with Gasteiger partial charge in [-0.25, -0.2) is 4.98 Å². The van der Waals surface area contributed by atoms with Gasteiger partial charge < -0.3 is 5.32 Å². The summed E-state index contributed by atoms with van der Waals surface area (Å²) in [5, 5.41) is 16.0. The molecule has 0 saturated heterocycles. The van der Waals surface area contributed by atoms with E-state index in [4.69, 9.17) is 5.26 Å². The molecule has 0 aliphatic heterocycles. The van der Waals surface area contributed by atoms with Crippen molar-refractivity contribution in [3.05, 3.63) is 46.3 Å². The molecule has 2 aromatic heterocycles. The van der Waals surface area contributed by atoms with E-state index >= 15 is 0 Å². The number of nitriles is 1. The molecule has 0 saturated carbocycles. The molecule has 2 rings (SSSR count). The number of pyridine rings is 1. The molecule has 74 valence electrons. The monoisotopic (exact) mass is 215 g/mol. The Morgan fingerprint density at radius 1 is 1.47 bits per heavy atom. The van der Waals surface area contributed by atoms with Gasteiger partial charge in [-0.05, 0) is 34.5 Å². The Morgan fingerprint density at radius 2 is 2.40 bits per heavy atom. The molecular weight excluding hydrogens is 206 g/mol. The summed E-state index contributed by atoms with van der Waals surface area (Å²) in [5.41, 5.74) is 1.85. The van der Waals surface area contributed by atoms with Gasteiger partial charge in [0.1, 0.15) is 5.82 Å². The van der Waals surface area contributed by atoms with Gasteiger partial charge in [0.15, 0.2) is 0 Å². The van der Waals surface area contributed by atoms with E-state index in [1.54, 1.807) is 29.7 Å². The quantitative estimate of drug-likeness (QED) is 0.856. The summed E-state index contributed by atoms with van der Waals surface area (Å²) in [7, 11) is 0. The van der Waals surface area contributed by atoms with Crippen LogP contribution in [-0.4, -0.2) is 4.98 Å². The maximum atomic E-state index is 8.71. The van der Waals surface area contributed by atoms with Crippen LogP contribution < -0.4 is 5.32 Å². The first-order valence-electron chi connectivity index (χ1n) is 4.49. The maximum absolute atomic E-state index is 8.71. The molecule has 0 atom stereocenters. The largest absolute Gasteiger partial charge is 0.366 e. The standard InChI is InChI=1S/C11H9N3S/c12-6-9-1-3-13-11(5-9)14-7-10-2-4-15-8-10/h1-5,8H,7H2,(H,13,14). The third kappa shape index (κ3) is 2.55. The Kier molecular flexibility index (Phi) is 2.96. The van der Waals surface area contributed by atoms with Gasteiger partial charge in [-0.1, -0.05) is 0 Å². The van der Waals surface area contributed by atoms with Crippen LogP contribution >= 0.6 is 11.3 Å². The zero-order valence-electron chi connectivity index (χ0n) is 7.97. The van der Waals surface area contributed by atoms with E-state index in [2.05, 4.69) is 27.8 Å². The lowest BCUT2D eigenvalue weighted by molar-refractivity contribution is 1.12. The SMILES string of the molecule is N#Cc1ccnc(NCc2ccsc2)c1. The minimum Gasteiger partial charge on any atom is -0.366 e. The minimum absolute atomic E-state index is 0.623. The van der Waals surface area contributed by atoms with E-state index in [1.165, 1.54) is 5.56 Å². The topological polar surface area (TPSA) is 48.7 Å². The van der Waals surface area contributed by atoms with Crippen molar-refractivity contribution in [2.45, 2.75) is 6.54 Å². The van der Waals surface area contributed by atoms with Crippen LogP contribution in [0.3, 0.4) is 0 Å². The van der Waals surface area contributed by atoms with Crippen LogP contribution in [0.5, 0.6) is 0 Å². The van der Waals surface area contributed by atoms with E-state index in [9.17, 15) is 0 Å². The Hall–Kier alpha value is -1.86. The molecule has 0 spiro atoms. The van der Waals surface area contributed by atoms with Crippen molar-refractivity contribution < 1.29 is 0 Å². The molecule has 0 radical (unpaired) electrons. The molecule has 0 unspecified atom stereocenters. The Labute approximate surface area is 92.0 Å². The van der Waals surface area contributed by atoms with Gasteiger partial charge in [0.25, 0.3) is 0 Å². The first kappa shape index (κ1) is 9.69. The van der Waals surface area contributed by atoms with Gasteiger partial charge >= 0.3 is 0 Å². The van der Waals surface area contributed by atoms with Gasteiger partial charge in [0, 0.05) is 12.7 Å². The van der Waals surface area contributed by atoms with E-state index in [-0.39, 0.29) is 0 Å². The molecule has 0 aromatic carbocycles. The highest BCUT2D eigenvalue weighted by Crippen LogP contribution is 2.10. The molecule has 0 amide bonds. The lowest BCUT2D eigenvalue weighted by Crippen LogP contribution is -2.00. The van der Waals surface area contributed by atoms with Crippen LogP contribution in [0.15, 0.2) is 35.2 Å². The highest BCUT2D eigenvalue weighted by Gasteiger charge is 1.96. The molecule has 15 heavy (non-hydrogen) atoms. The van der Waals surface area contributed by atoms with Crippen LogP contribution in [0.1, 0.15) is 11.1 Å². The van der Waals surface area contributed by atoms with Crippen LogP contribution in [0.25, 0.3) is 0 Å². The second-order valence-corrected chi connectivity index (χ2v) is 3.81. The fourth-order valence-electron chi connectivity index (χ4n) is 1.18. The highest BCUT2D eigenvalue weighted by atomic mass is 32.1. The molecule has 3 nitrogen and oxygen atoms in total. The summed E-state index contributed by atoms with van der Waals surface area (Å²) < 4.78 is 0. The van der Waals surface area contributed by atoms with Crippen molar-refractivity contribution in [1.29, 1.82) is 5.26 Å². The smallest absolute Gasteiger partial charge is 0.127 e. The Bertz CT molecular complexity index is 471. The number of aromatic nitrogens is 1. The third-order valence-electron chi connectivity index (χ3n) is 1.94. The van der Waals surface area contributed by atoms with E-state index in [0.717, 1.165) is 12.4 Å². The predicted octanol–water partition coefficient (Wildman–Crippen LogP) is 2.63. The average Bonchev–Trinajstić information content (AvgIpc) is 2.79. The van der Waals surface area contributed by atoms with Gasteiger partial charge in [-0.2, -0.15) is 16.6 Å². The summed E-state index contributed by atoms with van der Waals surface area (Å²) in [4.78, 5) is 4.13. The van der Waals surface area contributed by atoms with E-state index in [1.807, 2.05) is 5.38 Å². The number of nitrogens with one attached hydrogen (secondary N) is 1. The van der Waals surface area contributed by atoms with Gasteiger partial charge in [-0.3, -0.25) is 0 Å². The lowest BCUT2D eigenvalue weighted by atomic mass is 10.3. The molecule has 2 heterocycles. The number of hydrogen-bond donors (Lipinski definition) is 1. The second-order valence-electron chi connectivity index (χ2n) is 3.03. The zero-order chi connectivity index (χ0) is 10.5. The fourth-order valence-corrected chi connectivity index (χ4v) is 1.85. The van der Waals surface area contributed by atoms with Crippen LogP contribution in [0, 0.1) is 11.3 Å². The van der Waals surface area contributed by atoms with Crippen LogP contribution in [-0.2, 0) is 6.54 Å². The first-order valence-corrected chi connectivity index (χ1v) is 5.44. The normalized spacial score (nSPS) is 9.53. The van der Waals surface area contributed by atoms with Crippen molar-refractivity contribution in [2.24, 2.45) is 0 Å². The number of rotatable bonds is 3. The Morgan fingerprint density at radius 3 is 3.13 bits per heavy atom. The van der Waals surface area contributed by atoms with E-state index in [0.29, 0.717) is 5.56 Å². The average molecular weight is 215 g/mol. The summed E-state index contributed by atoms with van der Waals surface area (Å²) in [5.74, 6) is 0.736. The molecule has 1 N–H and O–H groups in total. The minimum atomic E-state index is 0.623. The van der Waals surface area contributed by atoms with Crippen molar-refractivity contribution in [1.82, 2.24) is 4.98 Å². The van der Waals surface area contributed by atoms with Crippen molar-refractivity contribution in [3.8, 4) is 6.07 Å². The molecular formula is C11H9N3S. The van der Waals surface area contributed by atoms with Gasteiger partial charge in [-0.15, -0.1) is 0 Å². The number of nitrogens with zero attached hydrogens (tertiary/aromatic N) is 2. The summed E-state index contributed by atoms with van der Waals surface area (Å²) >= 11 is 1.67. The lowest BCUT2D eigenvalue weighted by Gasteiger charge is -2.03. The number of anilines is 1. The third-order valence-corrected chi connectivity index (χ3v) is 2.67. The van der Waals surface area contributed by atoms with Crippen molar-refractivity contribution >= 4 is 17.2 Å². The second kappa shape index (κ2) is 4.58. The Balaban J connectivity index is 2.02. The molecule has 4 heteroatoms. The van der Waals surface area contributed by atoms with Crippen molar-refractivity contribution in [3.63, 3.8) is 0 Å². The number of hydrogen-bond acceptors (Lipinski definition) is 4. The summed E-state index contributed by atoms with van der Waals surface area (Å²) in [6, 6.07) is 7.58. The van der Waals surface area contributed by atoms with Crippen LogP contribution in [0.2, 0.25) is 0 Å². The van der Waals surface area contributed by atoms with Gasteiger partial charge in [0.2, 0.25) is 0 Å². The number of thiophene rings is 1. The summed E-state index contributed by atoms with van der Waals surface area (Å²) in [6.45, 7) is 0.741. The molecule has 0 bridgehead atoms. The highest BCUT2D eigenvalue weighted by molar-refractivity contribution is 7.07. The zero-order valence-corrected chi connectivity index (χ0v) is 8.79.